The average Bonchev–Trinajstić information content (AvgIpc) is 2.67. The monoisotopic (exact) mass is 252 g/mol. The highest BCUT2D eigenvalue weighted by molar-refractivity contribution is 4.93. The molecule has 0 unspecified atom stereocenters. The lowest BCUT2D eigenvalue weighted by Gasteiger charge is -2.30. The Labute approximate surface area is 106 Å². The molecule has 0 spiro atoms. The number of nitrogens with zero attached hydrogens (tertiary/aromatic N) is 1. The van der Waals surface area contributed by atoms with Crippen molar-refractivity contribution in [3.8, 4) is 0 Å². The van der Waals surface area contributed by atoms with Crippen molar-refractivity contribution in [2.24, 2.45) is 5.92 Å². The molecule has 1 aromatic heterocycles. The summed E-state index contributed by atoms with van der Waals surface area (Å²) in [4.78, 5) is 25.1. The van der Waals surface area contributed by atoms with E-state index in [1.165, 1.54) is 16.8 Å². The van der Waals surface area contributed by atoms with Gasteiger partial charge >= 0.3 is 5.69 Å². The fourth-order valence-corrected chi connectivity index (χ4v) is 2.89. The molecular formula is C13H20N2O3. The van der Waals surface area contributed by atoms with Gasteiger partial charge in [0.25, 0.3) is 5.56 Å². The maximum absolute atomic E-state index is 11.7. The number of rotatable bonds is 3. The van der Waals surface area contributed by atoms with Gasteiger partial charge in [0.05, 0.1) is 5.60 Å². The van der Waals surface area contributed by atoms with Gasteiger partial charge in [0, 0.05) is 12.3 Å². The number of aromatic amines is 1. The first-order valence-corrected chi connectivity index (χ1v) is 6.51. The third-order valence-electron chi connectivity index (χ3n) is 4.18. The zero-order chi connectivity index (χ0) is 13.3. The highest BCUT2D eigenvalue weighted by Crippen LogP contribution is 2.44. The minimum atomic E-state index is -0.400. The summed E-state index contributed by atoms with van der Waals surface area (Å²) in [6.07, 6.45) is 3.90. The predicted molar refractivity (Wildman–Crippen MR) is 68.5 cm³/mol. The van der Waals surface area contributed by atoms with Crippen LogP contribution >= 0.6 is 0 Å². The second kappa shape index (κ2) is 4.72. The topological polar surface area (TPSA) is 64.1 Å². The highest BCUT2D eigenvalue weighted by Gasteiger charge is 2.44. The number of H-pyrrole nitrogens is 1. The molecule has 1 aliphatic rings. The summed E-state index contributed by atoms with van der Waals surface area (Å²) in [6, 6.07) is 1.35. The van der Waals surface area contributed by atoms with Crippen LogP contribution in [0.25, 0.3) is 0 Å². The Morgan fingerprint density at radius 1 is 1.44 bits per heavy atom. The van der Waals surface area contributed by atoms with Crippen molar-refractivity contribution >= 4 is 0 Å². The van der Waals surface area contributed by atoms with Crippen molar-refractivity contribution in [1.82, 2.24) is 9.55 Å². The van der Waals surface area contributed by atoms with Crippen LogP contribution in [0.2, 0.25) is 0 Å². The number of nitrogens with one attached hydrogen (secondary N) is 1. The molecule has 1 aliphatic heterocycles. The first kappa shape index (κ1) is 13.1. The van der Waals surface area contributed by atoms with Gasteiger partial charge in [0.1, 0.15) is 6.23 Å². The van der Waals surface area contributed by atoms with Gasteiger partial charge in [-0.3, -0.25) is 14.3 Å². The third-order valence-corrected chi connectivity index (χ3v) is 4.18. The Morgan fingerprint density at radius 2 is 2.11 bits per heavy atom. The quantitative estimate of drug-likeness (QED) is 0.889. The molecule has 5 nitrogen and oxygen atoms in total. The Balaban J connectivity index is 2.32. The lowest BCUT2D eigenvalue weighted by atomic mass is 9.84. The first-order valence-electron chi connectivity index (χ1n) is 6.51. The molecule has 1 fully saturated rings. The van der Waals surface area contributed by atoms with Gasteiger partial charge in [0.2, 0.25) is 0 Å². The molecule has 5 heteroatoms. The van der Waals surface area contributed by atoms with Gasteiger partial charge in [-0.15, -0.1) is 0 Å². The summed E-state index contributed by atoms with van der Waals surface area (Å²) < 4.78 is 7.58. The van der Waals surface area contributed by atoms with Crippen molar-refractivity contribution < 1.29 is 4.74 Å². The summed E-state index contributed by atoms with van der Waals surface area (Å²) in [6.45, 7) is 6.37. The van der Waals surface area contributed by atoms with Crippen LogP contribution in [0.1, 0.15) is 46.3 Å². The fourth-order valence-electron chi connectivity index (χ4n) is 2.89. The molecule has 1 saturated heterocycles. The molecule has 100 valence electrons. The minimum Gasteiger partial charge on any atom is -0.351 e. The molecule has 2 rings (SSSR count). The molecule has 2 atom stereocenters. The SMILES string of the molecule is CCC1(CC)O[C@@H](n2ccc(=O)[nH]c2=O)C[C@H]1C. The zero-order valence-electron chi connectivity index (χ0n) is 11.1. The number of hydrogen-bond acceptors (Lipinski definition) is 3. The van der Waals surface area contributed by atoms with Crippen molar-refractivity contribution in [2.45, 2.75) is 51.9 Å². The van der Waals surface area contributed by atoms with Crippen LogP contribution in [0.15, 0.2) is 21.9 Å². The molecule has 0 saturated carbocycles. The van der Waals surface area contributed by atoms with E-state index in [4.69, 9.17) is 4.74 Å². The summed E-state index contributed by atoms with van der Waals surface area (Å²) >= 11 is 0. The van der Waals surface area contributed by atoms with Gasteiger partial charge in [-0.05, 0) is 25.2 Å². The van der Waals surface area contributed by atoms with Crippen LogP contribution in [-0.4, -0.2) is 15.2 Å². The lowest BCUT2D eigenvalue weighted by Crippen LogP contribution is -2.35. The van der Waals surface area contributed by atoms with Crippen LogP contribution < -0.4 is 11.2 Å². The van der Waals surface area contributed by atoms with Crippen molar-refractivity contribution in [3.05, 3.63) is 33.1 Å². The average molecular weight is 252 g/mol. The van der Waals surface area contributed by atoms with Gasteiger partial charge < -0.3 is 4.74 Å². The van der Waals surface area contributed by atoms with Gasteiger partial charge in [-0.25, -0.2) is 4.79 Å². The zero-order valence-corrected chi connectivity index (χ0v) is 11.1. The largest absolute Gasteiger partial charge is 0.351 e. The molecule has 1 N–H and O–H groups in total. The van der Waals surface area contributed by atoms with Crippen LogP contribution in [0.5, 0.6) is 0 Å². The summed E-state index contributed by atoms with van der Waals surface area (Å²) in [5.74, 6) is 0.399. The summed E-state index contributed by atoms with van der Waals surface area (Å²) in [7, 11) is 0. The van der Waals surface area contributed by atoms with E-state index in [1.807, 2.05) is 0 Å². The molecule has 0 bridgehead atoms. The Morgan fingerprint density at radius 3 is 2.61 bits per heavy atom. The van der Waals surface area contributed by atoms with Crippen LogP contribution in [0.3, 0.4) is 0 Å². The van der Waals surface area contributed by atoms with E-state index >= 15 is 0 Å². The maximum Gasteiger partial charge on any atom is 0.330 e. The summed E-state index contributed by atoms with van der Waals surface area (Å²) in [5, 5.41) is 0. The Kier molecular flexibility index (Phi) is 3.43. The fraction of sp³-hybridized carbons (Fsp3) is 0.692. The highest BCUT2D eigenvalue weighted by atomic mass is 16.5. The molecule has 0 amide bonds. The molecule has 2 heterocycles. The van der Waals surface area contributed by atoms with E-state index in [0.717, 1.165) is 19.3 Å². The predicted octanol–water partition coefficient (Wildman–Crippen LogP) is 1.65. The van der Waals surface area contributed by atoms with E-state index < -0.39 is 5.69 Å². The van der Waals surface area contributed by atoms with E-state index in [9.17, 15) is 9.59 Å². The van der Waals surface area contributed by atoms with Crippen LogP contribution in [-0.2, 0) is 4.74 Å². The number of aromatic nitrogens is 2. The number of hydrogen-bond donors (Lipinski definition) is 1. The summed E-state index contributed by atoms with van der Waals surface area (Å²) in [5.41, 5.74) is -0.928. The Hall–Kier alpha value is -1.36. The molecule has 0 aliphatic carbocycles. The third kappa shape index (κ3) is 2.03. The smallest absolute Gasteiger partial charge is 0.330 e. The second-order valence-corrected chi connectivity index (χ2v) is 5.00. The molecule has 0 radical (unpaired) electrons. The Bertz CT molecular complexity index is 528. The minimum absolute atomic E-state index is 0.153. The molecular weight excluding hydrogens is 232 g/mol. The van der Waals surface area contributed by atoms with Crippen molar-refractivity contribution in [2.75, 3.05) is 0 Å². The van der Waals surface area contributed by atoms with E-state index in [-0.39, 0.29) is 17.4 Å². The first-order chi connectivity index (χ1) is 8.52. The van der Waals surface area contributed by atoms with Gasteiger partial charge in [0.15, 0.2) is 0 Å². The molecule has 0 aromatic carbocycles. The van der Waals surface area contributed by atoms with Gasteiger partial charge in [-0.1, -0.05) is 20.8 Å². The molecule has 1 aromatic rings. The van der Waals surface area contributed by atoms with E-state index in [1.54, 1.807) is 0 Å². The maximum atomic E-state index is 11.7. The van der Waals surface area contributed by atoms with E-state index in [0.29, 0.717) is 5.92 Å². The van der Waals surface area contributed by atoms with E-state index in [2.05, 4.69) is 25.8 Å². The van der Waals surface area contributed by atoms with Crippen LogP contribution in [0, 0.1) is 5.92 Å². The van der Waals surface area contributed by atoms with Gasteiger partial charge in [-0.2, -0.15) is 0 Å². The number of ether oxygens (including phenoxy) is 1. The standard InChI is InChI=1S/C13H20N2O3/c1-4-13(5-2)9(3)8-11(18-13)15-7-6-10(16)14-12(15)17/h6-7,9,11H,4-5,8H2,1-3H3,(H,14,16,17)/t9-,11-/m1/s1. The van der Waals surface area contributed by atoms with Crippen LogP contribution in [0.4, 0.5) is 0 Å². The normalized spacial score (nSPS) is 26.4. The second-order valence-electron chi connectivity index (χ2n) is 5.00. The molecule has 18 heavy (non-hydrogen) atoms. The van der Waals surface area contributed by atoms with Crippen molar-refractivity contribution in [3.63, 3.8) is 0 Å². The van der Waals surface area contributed by atoms with Crippen molar-refractivity contribution in [1.29, 1.82) is 0 Å². The lowest BCUT2D eigenvalue weighted by molar-refractivity contribution is -0.0889.